The summed E-state index contributed by atoms with van der Waals surface area (Å²) in [5.41, 5.74) is 1.72. The van der Waals surface area contributed by atoms with E-state index in [1.165, 1.54) is 6.26 Å². The van der Waals surface area contributed by atoms with E-state index in [1.54, 1.807) is 44.6 Å². The predicted molar refractivity (Wildman–Crippen MR) is 185 cm³/mol. The molecule has 3 aromatic rings. The molecule has 13 heteroatoms. The maximum atomic E-state index is 14.5. The van der Waals surface area contributed by atoms with Crippen molar-refractivity contribution in [1.82, 2.24) is 5.32 Å². The Kier molecular flexibility index (Phi) is 12.0. The number of hydrogen-bond donors (Lipinski definition) is 1. The van der Waals surface area contributed by atoms with E-state index in [2.05, 4.69) is 10.2 Å². The number of piperidine rings is 1. The Morgan fingerprint density at radius 3 is 2.35 bits per heavy atom. The van der Waals surface area contributed by atoms with Crippen LogP contribution in [-0.2, 0) is 33.9 Å². The monoisotopic (exact) mass is 702 g/mol. The molecule has 2 aliphatic heterocycles. The highest BCUT2D eigenvalue weighted by molar-refractivity contribution is 7.91. The standard InChI is InChI=1S/C35H46N2O9S2/c1-25-6-13-29(14-7-25)48(40,41)35(27-10-15-31-30(22-27)37(17-19-44-31)16-5-18-42-2)46-33-24-36-23-32(45-20-21-47(4,38)39)34(33)26-8-11-28(43-3)12-9-26/h6-15,22,32-36H,5,16-21,23-24H2,1-4H3/t32-,33+,34-,35?/m1/s1. The summed E-state index contributed by atoms with van der Waals surface area (Å²) in [6.07, 6.45) is 0.825. The number of aryl methyl sites for hydroxylation is 1. The Bertz CT molecular complexity index is 1720. The van der Waals surface area contributed by atoms with Gasteiger partial charge < -0.3 is 33.9 Å². The Morgan fingerprint density at radius 1 is 0.938 bits per heavy atom. The van der Waals surface area contributed by atoms with Crippen molar-refractivity contribution in [1.29, 1.82) is 0 Å². The van der Waals surface area contributed by atoms with E-state index in [0.717, 1.165) is 29.8 Å². The summed E-state index contributed by atoms with van der Waals surface area (Å²) in [5.74, 6) is 0.806. The maximum absolute atomic E-state index is 14.5. The molecular weight excluding hydrogens is 657 g/mol. The van der Waals surface area contributed by atoms with Crippen molar-refractivity contribution in [2.75, 3.05) is 77.1 Å². The van der Waals surface area contributed by atoms with Crippen molar-refractivity contribution in [3.63, 3.8) is 0 Å². The smallest absolute Gasteiger partial charge is 0.209 e. The van der Waals surface area contributed by atoms with Crippen LogP contribution in [0.25, 0.3) is 0 Å². The van der Waals surface area contributed by atoms with E-state index in [-0.39, 0.29) is 17.3 Å². The first kappa shape index (κ1) is 36.1. The van der Waals surface area contributed by atoms with E-state index in [9.17, 15) is 16.8 Å². The number of methoxy groups -OCH3 is 2. The van der Waals surface area contributed by atoms with Crippen LogP contribution in [0.5, 0.6) is 11.5 Å². The largest absolute Gasteiger partial charge is 0.497 e. The van der Waals surface area contributed by atoms with Crippen LogP contribution in [0.1, 0.15) is 34.5 Å². The van der Waals surface area contributed by atoms with Gasteiger partial charge in [0.2, 0.25) is 9.84 Å². The van der Waals surface area contributed by atoms with Crippen LogP contribution in [0, 0.1) is 6.92 Å². The van der Waals surface area contributed by atoms with Crippen LogP contribution in [0.4, 0.5) is 5.69 Å². The van der Waals surface area contributed by atoms with Crippen LogP contribution in [0.15, 0.2) is 71.6 Å². The summed E-state index contributed by atoms with van der Waals surface area (Å²) in [5, 5.41) is 3.34. The SMILES string of the molecule is COCCCN1CCOc2ccc(C(O[C@H]3CNC[C@@H](OCCS(C)(=O)=O)[C@H]3c3ccc(OC)cc3)S(=O)(=O)c3ccc(C)cc3)cc21. The van der Waals surface area contributed by atoms with Crippen molar-refractivity contribution in [3.8, 4) is 11.5 Å². The number of benzene rings is 3. The average Bonchev–Trinajstić information content (AvgIpc) is 3.07. The van der Waals surface area contributed by atoms with Gasteiger partial charge in [-0.2, -0.15) is 0 Å². The average molecular weight is 703 g/mol. The minimum atomic E-state index is -4.07. The zero-order valence-corrected chi connectivity index (χ0v) is 29.6. The Balaban J connectivity index is 1.55. The highest BCUT2D eigenvalue weighted by Gasteiger charge is 2.41. The second kappa shape index (κ2) is 16.0. The van der Waals surface area contributed by atoms with Gasteiger partial charge in [0.15, 0.2) is 5.44 Å². The molecule has 1 fully saturated rings. The van der Waals surface area contributed by atoms with Gasteiger partial charge in [0.05, 0.1) is 48.8 Å². The quantitative estimate of drug-likeness (QED) is 0.232. The number of fused-ring (bicyclic) bond motifs is 1. The molecule has 0 bridgehead atoms. The fourth-order valence-electron chi connectivity index (χ4n) is 6.17. The zero-order chi connectivity index (χ0) is 34.3. The van der Waals surface area contributed by atoms with Gasteiger partial charge in [0, 0.05) is 45.5 Å². The maximum Gasteiger partial charge on any atom is 0.209 e. The van der Waals surface area contributed by atoms with Crippen LogP contribution < -0.4 is 19.7 Å². The number of nitrogens with zero attached hydrogens (tertiary/aromatic N) is 1. The molecule has 3 aromatic carbocycles. The molecule has 2 heterocycles. The minimum Gasteiger partial charge on any atom is -0.497 e. The highest BCUT2D eigenvalue weighted by atomic mass is 32.2. The van der Waals surface area contributed by atoms with Crippen LogP contribution in [-0.4, -0.2) is 101 Å². The molecule has 11 nitrogen and oxygen atoms in total. The normalized spacial score (nSPS) is 20.5. The van der Waals surface area contributed by atoms with Crippen molar-refractivity contribution in [2.45, 2.75) is 41.8 Å². The zero-order valence-electron chi connectivity index (χ0n) is 28.0. The predicted octanol–water partition coefficient (Wildman–Crippen LogP) is 3.91. The van der Waals surface area contributed by atoms with Gasteiger partial charge in [-0.3, -0.25) is 0 Å². The summed E-state index contributed by atoms with van der Waals surface area (Å²) in [6.45, 7) is 5.20. The Labute approximate surface area is 284 Å². The first-order valence-electron chi connectivity index (χ1n) is 16.1. The molecule has 48 heavy (non-hydrogen) atoms. The number of anilines is 1. The molecule has 5 rings (SSSR count). The molecule has 262 valence electrons. The van der Waals surface area contributed by atoms with Crippen molar-refractivity contribution in [2.24, 2.45) is 0 Å². The first-order valence-corrected chi connectivity index (χ1v) is 19.7. The third kappa shape index (κ3) is 8.87. The Morgan fingerprint density at radius 2 is 1.67 bits per heavy atom. The van der Waals surface area contributed by atoms with Gasteiger partial charge in [-0.25, -0.2) is 16.8 Å². The van der Waals surface area contributed by atoms with Gasteiger partial charge in [0.1, 0.15) is 27.9 Å². The van der Waals surface area contributed by atoms with Gasteiger partial charge in [-0.05, 0) is 60.9 Å². The second-order valence-corrected chi connectivity index (χ2v) is 16.5. The van der Waals surface area contributed by atoms with Crippen LogP contribution in [0.2, 0.25) is 0 Å². The second-order valence-electron chi connectivity index (χ2n) is 12.3. The van der Waals surface area contributed by atoms with Gasteiger partial charge in [0.25, 0.3) is 0 Å². The van der Waals surface area contributed by atoms with Crippen LogP contribution in [0.3, 0.4) is 0 Å². The van der Waals surface area contributed by atoms with E-state index >= 15 is 0 Å². The number of nitrogens with one attached hydrogen (secondary N) is 1. The first-order chi connectivity index (χ1) is 23.0. The molecule has 1 N–H and O–H groups in total. The van der Waals surface area contributed by atoms with Crippen molar-refractivity contribution in [3.05, 3.63) is 83.4 Å². The summed E-state index contributed by atoms with van der Waals surface area (Å²) < 4.78 is 82.5. The molecule has 0 aliphatic carbocycles. The summed E-state index contributed by atoms with van der Waals surface area (Å²) in [6, 6.07) is 19.7. The summed E-state index contributed by atoms with van der Waals surface area (Å²) in [7, 11) is -4.07. The number of rotatable bonds is 15. The van der Waals surface area contributed by atoms with Gasteiger partial charge >= 0.3 is 0 Å². The molecule has 0 saturated carbocycles. The molecule has 2 aliphatic rings. The van der Waals surface area contributed by atoms with E-state index in [4.69, 9.17) is 23.7 Å². The summed E-state index contributed by atoms with van der Waals surface area (Å²) >= 11 is 0. The Hall–Kier alpha value is -3.20. The fraction of sp³-hybridized carbons (Fsp3) is 0.486. The van der Waals surface area contributed by atoms with Gasteiger partial charge in [-0.1, -0.05) is 35.9 Å². The number of hydrogen-bond acceptors (Lipinski definition) is 11. The van der Waals surface area contributed by atoms with Crippen molar-refractivity contribution >= 4 is 25.4 Å². The minimum absolute atomic E-state index is 0.000619. The topological polar surface area (TPSA) is 130 Å². The third-order valence-corrected chi connectivity index (χ3v) is 11.5. The molecule has 4 atom stereocenters. The fourth-order valence-corrected chi connectivity index (χ4v) is 8.13. The molecule has 0 aromatic heterocycles. The van der Waals surface area contributed by atoms with Crippen molar-refractivity contribution < 1.29 is 40.5 Å². The van der Waals surface area contributed by atoms with Crippen LogP contribution >= 0.6 is 0 Å². The van der Waals surface area contributed by atoms with E-state index in [1.807, 2.05) is 43.3 Å². The molecule has 0 radical (unpaired) electrons. The molecule has 0 spiro atoms. The molecule has 1 saturated heterocycles. The van der Waals surface area contributed by atoms with E-state index < -0.39 is 43.2 Å². The molecular formula is C35H46N2O9S2. The molecule has 1 unspecified atom stereocenters. The third-order valence-electron chi connectivity index (χ3n) is 8.70. The van der Waals surface area contributed by atoms with E-state index in [0.29, 0.717) is 49.9 Å². The number of ether oxygens (including phenoxy) is 5. The lowest BCUT2D eigenvalue weighted by atomic mass is 9.85. The highest BCUT2D eigenvalue weighted by Crippen LogP contribution is 2.41. The number of sulfone groups is 2. The van der Waals surface area contributed by atoms with Gasteiger partial charge in [-0.15, -0.1) is 0 Å². The lowest BCUT2D eigenvalue weighted by Crippen LogP contribution is -2.51. The lowest BCUT2D eigenvalue weighted by molar-refractivity contribution is -0.0611. The summed E-state index contributed by atoms with van der Waals surface area (Å²) in [4.78, 5) is 2.33. The lowest BCUT2D eigenvalue weighted by Gasteiger charge is -2.40. The molecule has 0 amide bonds.